The monoisotopic (exact) mass is 555 g/mol. The van der Waals surface area contributed by atoms with Gasteiger partial charge in [-0.2, -0.15) is 5.26 Å². The van der Waals surface area contributed by atoms with Crippen LogP contribution in [0.15, 0.2) is 41.7 Å². The number of guanidine groups is 1. The summed E-state index contributed by atoms with van der Waals surface area (Å²) in [7, 11) is 0. The second-order valence-electron chi connectivity index (χ2n) is 8.03. The Morgan fingerprint density at radius 3 is 2.27 bits per heavy atom. The normalized spacial score (nSPS) is 12.6. The predicted molar refractivity (Wildman–Crippen MR) is 142 cm³/mol. The molecule has 0 spiro atoms. The Kier molecular flexibility index (Phi) is 12.1. The molecule has 17 nitrogen and oxygen atoms in total. The number of carbonyl (C=O) groups excluding carboxylic acids is 5. The first-order chi connectivity index (χ1) is 19.2. The maximum Gasteiger partial charge on any atom is 0.272 e. The summed E-state index contributed by atoms with van der Waals surface area (Å²) in [5.74, 6) is -2.79. The van der Waals surface area contributed by atoms with Crippen LogP contribution < -0.4 is 38.2 Å². The molecule has 4 amide bonds. The lowest BCUT2D eigenvalue weighted by atomic mass is 10.1. The van der Waals surface area contributed by atoms with E-state index in [2.05, 4.69) is 36.2 Å². The van der Waals surface area contributed by atoms with E-state index in [0.717, 1.165) is 0 Å². The van der Waals surface area contributed by atoms with Crippen LogP contribution in [0.25, 0.3) is 0 Å². The number of nitrogens with two attached hydrogens (primary N) is 2. The van der Waals surface area contributed by atoms with Crippen molar-refractivity contribution in [2.45, 2.75) is 24.9 Å². The van der Waals surface area contributed by atoms with Crippen molar-refractivity contribution in [2.75, 3.05) is 23.7 Å². The van der Waals surface area contributed by atoms with E-state index in [-0.39, 0.29) is 54.7 Å². The van der Waals surface area contributed by atoms with E-state index in [9.17, 15) is 29.2 Å². The predicted octanol–water partition coefficient (Wildman–Crippen LogP) is -1.57. The number of aromatic amines is 2. The average molecular weight is 556 g/mol. The number of anilines is 2. The molecule has 0 bridgehead atoms. The Labute approximate surface area is 227 Å². The fourth-order valence-corrected chi connectivity index (χ4v) is 3.09. The molecule has 0 saturated carbocycles. The summed E-state index contributed by atoms with van der Waals surface area (Å²) in [6.07, 6.45) is 6.39. The Morgan fingerprint density at radius 2 is 1.68 bits per heavy atom. The van der Waals surface area contributed by atoms with E-state index in [1.54, 1.807) is 17.6 Å². The molecule has 17 heteroatoms. The van der Waals surface area contributed by atoms with Gasteiger partial charge in [-0.15, -0.1) is 0 Å². The van der Waals surface area contributed by atoms with Crippen LogP contribution in [0.4, 0.5) is 11.4 Å². The molecule has 2 aromatic rings. The number of rotatable bonds is 14. The van der Waals surface area contributed by atoms with Gasteiger partial charge in [-0.25, -0.2) is 10.5 Å². The SMILES string of the molecule is N#C[C@H](CC(=O)N[C@H](C=O)C/C=C/CN)NC(=O)c1cc(NC(=O)c2cc(NC(=O)CN=C(N)NO)c[nH]2)c[nH]1. The van der Waals surface area contributed by atoms with Crippen molar-refractivity contribution in [1.29, 1.82) is 5.26 Å². The number of nitriles is 1. The van der Waals surface area contributed by atoms with E-state index in [1.165, 1.54) is 24.5 Å². The zero-order chi connectivity index (χ0) is 29.5. The minimum Gasteiger partial charge on any atom is -0.368 e. The molecule has 0 fully saturated rings. The van der Waals surface area contributed by atoms with Gasteiger partial charge in [0.05, 0.1) is 29.9 Å². The van der Waals surface area contributed by atoms with Crippen molar-refractivity contribution in [3.8, 4) is 6.07 Å². The van der Waals surface area contributed by atoms with Crippen molar-refractivity contribution >= 4 is 47.2 Å². The second kappa shape index (κ2) is 15.7. The quantitative estimate of drug-likeness (QED) is 0.0420. The summed E-state index contributed by atoms with van der Waals surface area (Å²) >= 11 is 0. The van der Waals surface area contributed by atoms with Crippen LogP contribution in [0.5, 0.6) is 0 Å². The number of H-pyrrole nitrogens is 2. The highest BCUT2D eigenvalue weighted by Crippen LogP contribution is 2.14. The van der Waals surface area contributed by atoms with Crippen LogP contribution in [0.2, 0.25) is 0 Å². The van der Waals surface area contributed by atoms with Crippen LogP contribution >= 0.6 is 0 Å². The zero-order valence-corrected chi connectivity index (χ0v) is 21.1. The number of amides is 4. The van der Waals surface area contributed by atoms with Crippen LogP contribution in [-0.4, -0.2) is 76.2 Å². The van der Waals surface area contributed by atoms with Crippen molar-refractivity contribution in [3.05, 3.63) is 48.1 Å². The molecule has 212 valence electrons. The molecule has 0 saturated heterocycles. The molecule has 0 aliphatic heterocycles. The first kappa shape index (κ1) is 30.8. The summed E-state index contributed by atoms with van der Waals surface area (Å²) in [5.41, 5.74) is 12.7. The molecular weight excluding hydrogens is 526 g/mol. The van der Waals surface area contributed by atoms with Crippen LogP contribution in [0.3, 0.4) is 0 Å². The summed E-state index contributed by atoms with van der Waals surface area (Å²) < 4.78 is 0. The Morgan fingerprint density at radius 1 is 1.02 bits per heavy atom. The number of aldehydes is 1. The van der Waals surface area contributed by atoms with Crippen LogP contribution in [0, 0.1) is 11.3 Å². The number of hydrogen-bond acceptors (Lipinski definition) is 9. The lowest BCUT2D eigenvalue weighted by Gasteiger charge is -2.14. The molecule has 0 radical (unpaired) electrons. The van der Waals surface area contributed by atoms with Gasteiger partial charge in [-0.3, -0.25) is 24.4 Å². The van der Waals surface area contributed by atoms with Gasteiger partial charge in [0.25, 0.3) is 11.8 Å². The van der Waals surface area contributed by atoms with Crippen molar-refractivity contribution in [1.82, 2.24) is 26.1 Å². The van der Waals surface area contributed by atoms with E-state index >= 15 is 0 Å². The Balaban J connectivity index is 1.89. The smallest absolute Gasteiger partial charge is 0.272 e. The van der Waals surface area contributed by atoms with E-state index in [0.29, 0.717) is 6.29 Å². The van der Waals surface area contributed by atoms with Gasteiger partial charge >= 0.3 is 0 Å². The molecule has 2 heterocycles. The highest BCUT2D eigenvalue weighted by Gasteiger charge is 2.20. The fraction of sp³-hybridized carbons (Fsp3) is 0.261. The summed E-state index contributed by atoms with van der Waals surface area (Å²) in [6, 6.07) is 2.51. The van der Waals surface area contributed by atoms with Crippen molar-refractivity contribution in [2.24, 2.45) is 16.5 Å². The fourth-order valence-electron chi connectivity index (χ4n) is 3.09. The minimum atomic E-state index is -1.18. The Hall–Kier alpha value is -5.47. The molecular formula is C23H29N11O6. The number of aliphatic imine (C=N–C) groups is 1. The zero-order valence-electron chi connectivity index (χ0n) is 21.1. The number of nitrogens with zero attached hydrogens (tertiary/aromatic N) is 2. The molecule has 2 atom stereocenters. The third-order valence-corrected chi connectivity index (χ3v) is 4.96. The average Bonchev–Trinajstić information content (AvgIpc) is 3.60. The third-order valence-electron chi connectivity index (χ3n) is 4.96. The minimum absolute atomic E-state index is 0.00489. The molecule has 0 aliphatic rings. The summed E-state index contributed by atoms with van der Waals surface area (Å²) in [6.45, 7) is -0.0824. The molecule has 2 rings (SSSR count). The Bertz CT molecular complexity index is 1310. The van der Waals surface area contributed by atoms with Crippen molar-refractivity contribution < 1.29 is 29.2 Å². The van der Waals surface area contributed by atoms with Crippen LogP contribution in [-0.2, 0) is 14.4 Å². The largest absolute Gasteiger partial charge is 0.368 e. The standard InChI is InChI=1S/C23H29N11O6/c24-4-2-1-3-13(12-35)30-19(36)7-14(8-25)32-21(38)18-6-16(10-28-18)33-22(39)17-5-15(9-27-17)31-20(37)11-29-23(26)34-40/h1-2,5-6,9-10,12-14,27-28,40H,3-4,7,11,24H2,(H,30,36)(H,31,37)(H,32,38)(H,33,39)(H3,26,29,34)/b2-1+/t13-,14-/m0/s1. The van der Waals surface area contributed by atoms with Gasteiger partial charge in [0, 0.05) is 18.9 Å². The van der Waals surface area contributed by atoms with Gasteiger partial charge in [-0.1, -0.05) is 12.2 Å². The number of hydrogen-bond donors (Lipinski definition) is 10. The molecule has 40 heavy (non-hydrogen) atoms. The van der Waals surface area contributed by atoms with E-state index in [1.807, 2.05) is 6.07 Å². The van der Waals surface area contributed by atoms with Crippen molar-refractivity contribution in [3.63, 3.8) is 0 Å². The van der Waals surface area contributed by atoms with Gasteiger partial charge in [0.15, 0.2) is 0 Å². The highest BCUT2D eigenvalue weighted by molar-refractivity contribution is 6.05. The van der Waals surface area contributed by atoms with Gasteiger partial charge in [0.2, 0.25) is 17.8 Å². The van der Waals surface area contributed by atoms with Gasteiger partial charge < -0.3 is 47.5 Å². The van der Waals surface area contributed by atoms with E-state index < -0.39 is 35.7 Å². The first-order valence-corrected chi connectivity index (χ1v) is 11.7. The van der Waals surface area contributed by atoms with Gasteiger partial charge in [-0.05, 0) is 18.6 Å². The number of hydroxylamine groups is 1. The molecule has 12 N–H and O–H groups in total. The maximum atomic E-state index is 12.5. The molecule has 0 aromatic carbocycles. The number of aromatic nitrogens is 2. The molecule has 0 aliphatic carbocycles. The topological polar surface area (TPSA) is 286 Å². The molecule has 0 unspecified atom stereocenters. The van der Waals surface area contributed by atoms with Crippen LogP contribution in [0.1, 0.15) is 33.8 Å². The third kappa shape index (κ3) is 10.1. The second-order valence-corrected chi connectivity index (χ2v) is 8.03. The first-order valence-electron chi connectivity index (χ1n) is 11.7. The maximum absolute atomic E-state index is 12.5. The number of nitrogens with one attached hydrogen (secondary N) is 7. The lowest BCUT2D eigenvalue weighted by Crippen LogP contribution is -2.41. The molecule has 2 aromatic heterocycles. The lowest BCUT2D eigenvalue weighted by molar-refractivity contribution is -0.124. The van der Waals surface area contributed by atoms with Gasteiger partial charge in [0.1, 0.15) is 30.3 Å². The number of carbonyl (C=O) groups is 5. The summed E-state index contributed by atoms with van der Waals surface area (Å²) in [5, 5.41) is 27.8. The van der Waals surface area contributed by atoms with E-state index in [4.69, 9.17) is 16.7 Å². The summed E-state index contributed by atoms with van der Waals surface area (Å²) in [4.78, 5) is 69.1. The highest BCUT2D eigenvalue weighted by atomic mass is 16.5.